The van der Waals surface area contributed by atoms with Crippen molar-refractivity contribution in [1.82, 2.24) is 4.98 Å². The molecule has 0 spiro atoms. The van der Waals surface area contributed by atoms with Crippen LogP contribution in [0.5, 0.6) is 0 Å². The van der Waals surface area contributed by atoms with Gasteiger partial charge in [-0.3, -0.25) is 4.98 Å². The standard InChI is InChI=1S/C19H26BNO2/c1-14(2)17-18(3,4)23-20(22-17)19(5)10-6-8-15(12-19)16-9-7-11-21-13-16/h6-9,11-14,17H,10H2,1-5H3. The van der Waals surface area contributed by atoms with Crippen molar-refractivity contribution in [3.05, 3.63) is 48.3 Å². The van der Waals surface area contributed by atoms with E-state index in [0.717, 1.165) is 12.0 Å². The highest BCUT2D eigenvalue weighted by Crippen LogP contribution is 2.48. The van der Waals surface area contributed by atoms with Crippen LogP contribution in [-0.2, 0) is 9.31 Å². The van der Waals surface area contributed by atoms with Gasteiger partial charge in [-0.1, -0.05) is 45.1 Å². The molecule has 0 aromatic carbocycles. The molecule has 0 N–H and O–H groups in total. The van der Waals surface area contributed by atoms with Crippen LogP contribution in [0.4, 0.5) is 0 Å². The first-order chi connectivity index (χ1) is 10.8. The molecule has 0 radical (unpaired) electrons. The highest BCUT2D eigenvalue weighted by atomic mass is 16.7. The van der Waals surface area contributed by atoms with Gasteiger partial charge in [0, 0.05) is 17.7 Å². The summed E-state index contributed by atoms with van der Waals surface area (Å²) in [6, 6.07) is 4.06. The summed E-state index contributed by atoms with van der Waals surface area (Å²) in [5.74, 6) is 0.430. The Morgan fingerprint density at radius 1 is 1.30 bits per heavy atom. The molecule has 2 heterocycles. The van der Waals surface area contributed by atoms with E-state index >= 15 is 0 Å². The molecule has 0 amide bonds. The number of nitrogens with zero attached hydrogens (tertiary/aromatic N) is 1. The third-order valence-corrected chi connectivity index (χ3v) is 4.85. The van der Waals surface area contributed by atoms with E-state index in [0.29, 0.717) is 5.92 Å². The van der Waals surface area contributed by atoms with E-state index in [1.165, 1.54) is 5.57 Å². The first-order valence-electron chi connectivity index (χ1n) is 8.45. The van der Waals surface area contributed by atoms with Crippen LogP contribution < -0.4 is 0 Å². The zero-order chi connectivity index (χ0) is 16.7. The molecule has 4 heteroatoms. The predicted octanol–water partition coefficient (Wildman–Crippen LogP) is 4.52. The van der Waals surface area contributed by atoms with E-state index in [9.17, 15) is 0 Å². The second-order valence-electron chi connectivity index (χ2n) is 7.81. The minimum Gasteiger partial charge on any atom is -0.405 e. The van der Waals surface area contributed by atoms with Crippen molar-refractivity contribution in [3.8, 4) is 0 Å². The number of hydrogen-bond acceptors (Lipinski definition) is 3. The van der Waals surface area contributed by atoms with Crippen LogP contribution in [-0.4, -0.2) is 23.8 Å². The third-order valence-electron chi connectivity index (χ3n) is 4.85. The fraction of sp³-hybridized carbons (Fsp3) is 0.526. The molecule has 2 unspecified atom stereocenters. The Morgan fingerprint density at radius 3 is 2.70 bits per heavy atom. The van der Waals surface area contributed by atoms with Crippen LogP contribution in [0.3, 0.4) is 0 Å². The van der Waals surface area contributed by atoms with E-state index in [1.54, 1.807) is 6.20 Å². The Morgan fingerprint density at radius 2 is 2.09 bits per heavy atom. The first-order valence-corrected chi connectivity index (χ1v) is 8.45. The summed E-state index contributed by atoms with van der Waals surface area (Å²) in [5.41, 5.74) is 2.06. The zero-order valence-corrected chi connectivity index (χ0v) is 14.7. The molecule has 3 nitrogen and oxygen atoms in total. The first kappa shape index (κ1) is 16.5. The summed E-state index contributed by atoms with van der Waals surface area (Å²) in [7, 11) is -0.221. The average molecular weight is 311 g/mol. The van der Waals surface area contributed by atoms with Gasteiger partial charge in [-0.25, -0.2) is 0 Å². The molecule has 1 aliphatic heterocycles. The molecule has 2 aliphatic rings. The van der Waals surface area contributed by atoms with E-state index in [1.807, 2.05) is 12.3 Å². The summed E-state index contributed by atoms with van der Waals surface area (Å²) in [5, 5.41) is -0.166. The molecule has 122 valence electrons. The van der Waals surface area contributed by atoms with E-state index in [-0.39, 0.29) is 24.1 Å². The topological polar surface area (TPSA) is 31.4 Å². The second-order valence-corrected chi connectivity index (χ2v) is 7.81. The van der Waals surface area contributed by atoms with Gasteiger partial charge in [-0.05, 0) is 43.4 Å². The maximum atomic E-state index is 6.35. The highest BCUT2D eigenvalue weighted by molar-refractivity contribution is 6.50. The van der Waals surface area contributed by atoms with E-state index < -0.39 is 0 Å². The normalized spacial score (nSPS) is 29.9. The number of rotatable bonds is 3. The van der Waals surface area contributed by atoms with Crippen molar-refractivity contribution >= 4 is 12.7 Å². The van der Waals surface area contributed by atoms with E-state index in [4.69, 9.17) is 9.31 Å². The van der Waals surface area contributed by atoms with Crippen LogP contribution >= 0.6 is 0 Å². The molecule has 3 rings (SSSR count). The molecule has 23 heavy (non-hydrogen) atoms. The van der Waals surface area contributed by atoms with Gasteiger partial charge in [-0.15, -0.1) is 0 Å². The lowest BCUT2D eigenvalue weighted by Gasteiger charge is -2.30. The van der Waals surface area contributed by atoms with Gasteiger partial charge < -0.3 is 9.31 Å². The number of allylic oxidation sites excluding steroid dienone is 4. The van der Waals surface area contributed by atoms with Gasteiger partial charge in [0.25, 0.3) is 0 Å². The Labute approximate surface area is 139 Å². The van der Waals surface area contributed by atoms with Crippen molar-refractivity contribution < 1.29 is 9.31 Å². The quantitative estimate of drug-likeness (QED) is 0.769. The lowest BCUT2D eigenvalue weighted by Crippen LogP contribution is -2.36. The number of pyridine rings is 1. The van der Waals surface area contributed by atoms with Crippen LogP contribution in [0.15, 0.2) is 42.8 Å². The van der Waals surface area contributed by atoms with Crippen LogP contribution in [0.1, 0.15) is 46.6 Å². The largest absolute Gasteiger partial charge is 0.468 e. The average Bonchev–Trinajstić information content (AvgIpc) is 2.85. The molecular weight excluding hydrogens is 285 g/mol. The summed E-state index contributed by atoms with van der Waals surface area (Å²) >= 11 is 0. The summed E-state index contributed by atoms with van der Waals surface area (Å²) in [4.78, 5) is 4.23. The van der Waals surface area contributed by atoms with Crippen molar-refractivity contribution in [2.24, 2.45) is 5.92 Å². The van der Waals surface area contributed by atoms with Gasteiger partial charge in [0.05, 0.1) is 11.7 Å². The Kier molecular flexibility index (Phi) is 4.24. The molecule has 1 aromatic rings. The van der Waals surface area contributed by atoms with Crippen molar-refractivity contribution in [1.29, 1.82) is 0 Å². The Hall–Kier alpha value is -1.39. The molecule has 0 saturated carbocycles. The van der Waals surface area contributed by atoms with Crippen LogP contribution in [0.2, 0.25) is 5.31 Å². The van der Waals surface area contributed by atoms with Crippen LogP contribution in [0, 0.1) is 5.92 Å². The maximum Gasteiger partial charge on any atom is 0.468 e. The molecule has 1 saturated heterocycles. The van der Waals surface area contributed by atoms with Crippen molar-refractivity contribution in [3.63, 3.8) is 0 Å². The highest BCUT2D eigenvalue weighted by Gasteiger charge is 2.54. The number of aromatic nitrogens is 1. The second kappa shape index (κ2) is 5.92. The summed E-state index contributed by atoms with van der Waals surface area (Å²) < 4.78 is 12.7. The molecule has 1 aromatic heterocycles. The smallest absolute Gasteiger partial charge is 0.405 e. The minimum atomic E-state index is -0.259. The van der Waals surface area contributed by atoms with Gasteiger partial charge in [0.15, 0.2) is 0 Å². The van der Waals surface area contributed by atoms with Gasteiger partial charge in [0.1, 0.15) is 0 Å². The Bertz CT molecular complexity index is 624. The summed E-state index contributed by atoms with van der Waals surface area (Å²) in [6.45, 7) is 10.9. The minimum absolute atomic E-state index is 0.116. The van der Waals surface area contributed by atoms with E-state index in [2.05, 4.69) is 63.9 Å². The van der Waals surface area contributed by atoms with Gasteiger partial charge >= 0.3 is 7.12 Å². The molecule has 2 atom stereocenters. The van der Waals surface area contributed by atoms with Crippen LogP contribution in [0.25, 0.3) is 5.57 Å². The van der Waals surface area contributed by atoms with Gasteiger partial charge in [0.2, 0.25) is 0 Å². The molecule has 0 bridgehead atoms. The zero-order valence-electron chi connectivity index (χ0n) is 14.7. The monoisotopic (exact) mass is 311 g/mol. The summed E-state index contributed by atoms with van der Waals surface area (Å²) in [6.07, 6.45) is 11.4. The third kappa shape index (κ3) is 3.15. The van der Waals surface area contributed by atoms with Gasteiger partial charge in [-0.2, -0.15) is 0 Å². The molecular formula is C19H26BNO2. The Balaban J connectivity index is 1.88. The lowest BCUT2D eigenvalue weighted by atomic mass is 9.55. The fourth-order valence-corrected chi connectivity index (χ4v) is 3.70. The van der Waals surface area contributed by atoms with Crippen molar-refractivity contribution in [2.75, 3.05) is 0 Å². The SMILES string of the molecule is CC(C)C1OB(C2(C)C=C(c3cccnc3)C=CC2)OC1(C)C. The molecule has 1 aliphatic carbocycles. The van der Waals surface area contributed by atoms with Crippen molar-refractivity contribution in [2.45, 2.75) is 58.1 Å². The lowest BCUT2D eigenvalue weighted by molar-refractivity contribution is 0.0437. The fourth-order valence-electron chi connectivity index (χ4n) is 3.70. The predicted molar refractivity (Wildman–Crippen MR) is 95.0 cm³/mol. The molecule has 1 fully saturated rings. The number of hydrogen-bond donors (Lipinski definition) is 0. The maximum absolute atomic E-state index is 6.35.